The van der Waals surface area contributed by atoms with E-state index in [4.69, 9.17) is 0 Å². The third kappa shape index (κ3) is 1.11. The summed E-state index contributed by atoms with van der Waals surface area (Å²) in [4.78, 5) is 4.22. The van der Waals surface area contributed by atoms with Crippen molar-refractivity contribution in [2.24, 2.45) is 0 Å². The van der Waals surface area contributed by atoms with Crippen LogP contribution in [-0.4, -0.2) is 14.6 Å². The Kier molecular flexibility index (Phi) is 1.62. The van der Waals surface area contributed by atoms with Crippen LogP contribution in [0.4, 0.5) is 0 Å². The second-order valence-electron chi connectivity index (χ2n) is 4.72. The lowest BCUT2D eigenvalue weighted by Gasteiger charge is -1.90. The summed E-state index contributed by atoms with van der Waals surface area (Å²) in [6.45, 7) is 0.910. The molecule has 0 unspecified atom stereocenters. The minimum atomic E-state index is 0.910. The van der Waals surface area contributed by atoms with Gasteiger partial charge >= 0.3 is 0 Å². The van der Waals surface area contributed by atoms with E-state index in [-0.39, 0.29) is 0 Å². The van der Waals surface area contributed by atoms with Gasteiger partial charge in [-0.2, -0.15) is 9.67 Å². The first kappa shape index (κ1) is 9.63. The highest BCUT2D eigenvalue weighted by molar-refractivity contribution is 7.21. The van der Waals surface area contributed by atoms with Gasteiger partial charge in [0.05, 0.1) is 11.8 Å². The molecule has 0 fully saturated rings. The number of aromatic nitrogens is 4. The van der Waals surface area contributed by atoms with Crippen LogP contribution in [0, 0.1) is 0 Å². The molecule has 4 aromatic rings. The zero-order valence-electron chi connectivity index (χ0n) is 9.95. The molecule has 0 aromatic carbocycles. The Bertz CT molecular complexity index is 951. The van der Waals surface area contributed by atoms with Crippen molar-refractivity contribution in [2.75, 3.05) is 0 Å². The maximum atomic E-state index is 4.36. The van der Waals surface area contributed by atoms with Crippen molar-refractivity contribution >= 4 is 27.1 Å². The predicted molar refractivity (Wildman–Crippen MR) is 73.1 cm³/mol. The average Bonchev–Trinajstić information content (AvgIpc) is 3.05. The maximum Gasteiger partial charge on any atom is 0.271 e. The number of pyridine rings is 1. The summed E-state index contributed by atoms with van der Waals surface area (Å²) in [5.41, 5.74) is 5.07. The molecule has 5 heterocycles. The number of thiazole rings is 1. The molecule has 0 saturated heterocycles. The van der Waals surface area contributed by atoms with Crippen LogP contribution in [0.15, 0.2) is 43.0 Å². The smallest absolute Gasteiger partial charge is 0.264 e. The summed E-state index contributed by atoms with van der Waals surface area (Å²) in [7, 11) is 0. The molecule has 1 aliphatic heterocycles. The molecule has 0 amide bonds. The van der Waals surface area contributed by atoms with E-state index in [1.165, 1.54) is 31.9 Å². The second kappa shape index (κ2) is 3.19. The third-order valence-corrected chi connectivity index (χ3v) is 4.83. The number of rotatable bonds is 0. The first-order chi connectivity index (χ1) is 9.42. The Morgan fingerprint density at radius 3 is 3.26 bits per heavy atom. The van der Waals surface area contributed by atoms with Crippen LogP contribution in [0.3, 0.4) is 0 Å². The maximum absolute atomic E-state index is 4.36. The molecule has 5 heteroatoms. The SMILES string of the molecule is c1cnn2cc3sc4[n+](c3c2c1)Cc1cnccc1-4. The summed E-state index contributed by atoms with van der Waals surface area (Å²) in [5.74, 6) is 0. The molecule has 0 aliphatic carbocycles. The van der Waals surface area contributed by atoms with Gasteiger partial charge in [0.25, 0.3) is 10.5 Å². The van der Waals surface area contributed by atoms with Crippen molar-refractivity contribution in [1.82, 2.24) is 14.6 Å². The highest BCUT2D eigenvalue weighted by Gasteiger charge is 2.33. The lowest BCUT2D eigenvalue weighted by Crippen LogP contribution is -2.30. The fraction of sp³-hybridized carbons (Fsp3) is 0.0714. The van der Waals surface area contributed by atoms with Crippen molar-refractivity contribution in [3.63, 3.8) is 0 Å². The van der Waals surface area contributed by atoms with Gasteiger partial charge in [-0.05, 0) is 18.2 Å². The van der Waals surface area contributed by atoms with E-state index in [1.54, 1.807) is 0 Å². The van der Waals surface area contributed by atoms with E-state index in [0.717, 1.165) is 6.54 Å². The quantitative estimate of drug-likeness (QED) is 0.402. The Morgan fingerprint density at radius 2 is 2.26 bits per heavy atom. The summed E-state index contributed by atoms with van der Waals surface area (Å²) >= 11 is 1.83. The number of nitrogens with zero attached hydrogens (tertiary/aromatic N) is 4. The van der Waals surface area contributed by atoms with Crippen LogP contribution in [-0.2, 0) is 6.54 Å². The number of fused-ring (bicyclic) bond motifs is 7. The molecular weight excluding hydrogens is 256 g/mol. The topological polar surface area (TPSA) is 34.1 Å². The lowest BCUT2D eigenvalue weighted by atomic mass is 10.2. The van der Waals surface area contributed by atoms with E-state index in [2.05, 4.69) is 33.0 Å². The van der Waals surface area contributed by atoms with Crippen LogP contribution in [0.2, 0.25) is 0 Å². The zero-order valence-corrected chi connectivity index (χ0v) is 10.8. The van der Waals surface area contributed by atoms with E-state index in [0.29, 0.717) is 0 Å². The van der Waals surface area contributed by atoms with E-state index in [1.807, 2.05) is 40.5 Å². The molecule has 0 bridgehead atoms. The van der Waals surface area contributed by atoms with E-state index < -0.39 is 0 Å². The van der Waals surface area contributed by atoms with Crippen molar-refractivity contribution in [1.29, 1.82) is 0 Å². The minimum absolute atomic E-state index is 0.910. The summed E-state index contributed by atoms with van der Waals surface area (Å²) in [6, 6.07) is 6.22. The van der Waals surface area contributed by atoms with Crippen LogP contribution in [0.5, 0.6) is 0 Å². The molecule has 0 radical (unpaired) electrons. The standard InChI is InChI=1S/C14H9N4S/c1-2-11-13-12(8-18(11)16-4-1)19-14-10-3-5-15-6-9(10)7-17(13)14/h1-6,8H,7H2/q+1. The average molecular weight is 265 g/mol. The molecule has 0 N–H and O–H groups in total. The molecule has 4 nitrogen and oxygen atoms in total. The van der Waals surface area contributed by atoms with Crippen molar-refractivity contribution in [3.8, 4) is 10.6 Å². The normalized spacial score (nSPS) is 13.1. The van der Waals surface area contributed by atoms with Gasteiger partial charge < -0.3 is 0 Å². The van der Waals surface area contributed by atoms with Gasteiger partial charge in [0.15, 0.2) is 6.54 Å². The monoisotopic (exact) mass is 265 g/mol. The molecule has 1 aliphatic rings. The highest BCUT2D eigenvalue weighted by atomic mass is 32.1. The summed E-state index contributed by atoms with van der Waals surface area (Å²) < 4.78 is 5.62. The molecule has 0 atom stereocenters. The molecule has 19 heavy (non-hydrogen) atoms. The predicted octanol–water partition coefficient (Wildman–Crippen LogP) is 2.26. The Morgan fingerprint density at radius 1 is 1.26 bits per heavy atom. The van der Waals surface area contributed by atoms with Crippen molar-refractivity contribution in [2.45, 2.75) is 6.54 Å². The van der Waals surface area contributed by atoms with Crippen LogP contribution in [0.1, 0.15) is 5.56 Å². The largest absolute Gasteiger partial charge is 0.271 e. The van der Waals surface area contributed by atoms with Gasteiger partial charge in [-0.15, -0.1) is 0 Å². The van der Waals surface area contributed by atoms with Crippen LogP contribution >= 0.6 is 11.3 Å². The van der Waals surface area contributed by atoms with Crippen molar-refractivity contribution < 1.29 is 4.57 Å². The van der Waals surface area contributed by atoms with E-state index >= 15 is 0 Å². The fourth-order valence-electron chi connectivity index (χ4n) is 2.86. The van der Waals surface area contributed by atoms with Crippen LogP contribution < -0.4 is 4.57 Å². The molecule has 90 valence electrons. The van der Waals surface area contributed by atoms with Crippen molar-refractivity contribution in [3.05, 3.63) is 48.5 Å². The lowest BCUT2D eigenvalue weighted by molar-refractivity contribution is -0.641. The second-order valence-corrected chi connectivity index (χ2v) is 5.75. The first-order valence-electron chi connectivity index (χ1n) is 6.14. The molecule has 5 rings (SSSR count). The number of hydrogen-bond donors (Lipinski definition) is 0. The van der Waals surface area contributed by atoms with Gasteiger partial charge in [-0.25, -0.2) is 4.52 Å². The Labute approximate surface area is 112 Å². The molecular formula is C14H9N4S+. The summed E-state index contributed by atoms with van der Waals surface area (Å²) in [5, 5.41) is 5.69. The summed E-state index contributed by atoms with van der Waals surface area (Å²) in [6.07, 6.45) is 7.77. The number of hydrogen-bond acceptors (Lipinski definition) is 3. The fourth-order valence-corrected chi connectivity index (χ4v) is 4.11. The van der Waals surface area contributed by atoms with Gasteiger partial charge in [0.1, 0.15) is 10.2 Å². The molecule has 0 saturated carbocycles. The van der Waals surface area contributed by atoms with Gasteiger partial charge in [0.2, 0.25) is 0 Å². The van der Waals surface area contributed by atoms with Gasteiger partial charge in [0, 0.05) is 24.2 Å². The van der Waals surface area contributed by atoms with Crippen LogP contribution in [0.25, 0.3) is 26.3 Å². The van der Waals surface area contributed by atoms with Gasteiger partial charge in [-0.3, -0.25) is 4.98 Å². The van der Waals surface area contributed by atoms with Gasteiger partial charge in [-0.1, -0.05) is 11.3 Å². The van der Waals surface area contributed by atoms with E-state index in [9.17, 15) is 0 Å². The first-order valence-corrected chi connectivity index (χ1v) is 6.95. The molecule has 0 spiro atoms. The zero-order chi connectivity index (χ0) is 12.4. The Balaban J connectivity index is 1.94. The highest BCUT2D eigenvalue weighted by Crippen LogP contribution is 2.36. The molecule has 4 aromatic heterocycles. The Hall–Kier alpha value is -2.27. The minimum Gasteiger partial charge on any atom is -0.264 e. The third-order valence-electron chi connectivity index (χ3n) is 3.68.